The molecule has 0 heterocycles. The van der Waals surface area contributed by atoms with Crippen molar-refractivity contribution in [1.29, 1.82) is 0 Å². The zero-order valence-electron chi connectivity index (χ0n) is 10.8. The van der Waals surface area contributed by atoms with E-state index in [1.54, 1.807) is 0 Å². The topological polar surface area (TPSA) is 0 Å². The Labute approximate surface area is 108 Å². The standard InChI is InChI=1S/C18H16/c1-13-8-10-15-11-9-14(2)18(17(15)12-13)16-6-4-3-5-7-16/h3-12H,1-2H3. The van der Waals surface area contributed by atoms with Gasteiger partial charge in [-0.05, 0) is 41.3 Å². The lowest BCUT2D eigenvalue weighted by molar-refractivity contribution is 1.46. The van der Waals surface area contributed by atoms with E-state index in [1.807, 2.05) is 0 Å². The fourth-order valence-corrected chi connectivity index (χ4v) is 2.53. The Bertz CT molecular complexity index is 689. The molecule has 0 fully saturated rings. The van der Waals surface area contributed by atoms with Gasteiger partial charge in [0.1, 0.15) is 0 Å². The lowest BCUT2D eigenvalue weighted by Gasteiger charge is -2.11. The average Bonchev–Trinajstić information content (AvgIpc) is 2.39. The van der Waals surface area contributed by atoms with Crippen molar-refractivity contribution in [3.8, 4) is 11.1 Å². The summed E-state index contributed by atoms with van der Waals surface area (Å²) < 4.78 is 0. The molecule has 0 spiro atoms. The van der Waals surface area contributed by atoms with Crippen molar-refractivity contribution in [3.05, 3.63) is 71.8 Å². The van der Waals surface area contributed by atoms with Crippen LogP contribution in [-0.4, -0.2) is 0 Å². The van der Waals surface area contributed by atoms with Crippen LogP contribution >= 0.6 is 0 Å². The highest BCUT2D eigenvalue weighted by atomic mass is 14.1. The van der Waals surface area contributed by atoms with E-state index in [9.17, 15) is 0 Å². The van der Waals surface area contributed by atoms with Crippen LogP contribution in [0.3, 0.4) is 0 Å². The second-order valence-electron chi connectivity index (χ2n) is 4.85. The molecule has 0 aliphatic carbocycles. The molecule has 0 atom stereocenters. The van der Waals surface area contributed by atoms with Gasteiger partial charge in [-0.3, -0.25) is 0 Å². The third kappa shape index (κ3) is 1.80. The van der Waals surface area contributed by atoms with Crippen molar-refractivity contribution < 1.29 is 0 Å². The van der Waals surface area contributed by atoms with Crippen LogP contribution in [0.2, 0.25) is 0 Å². The van der Waals surface area contributed by atoms with Gasteiger partial charge in [-0.1, -0.05) is 66.2 Å². The maximum Gasteiger partial charge on any atom is -0.00760 e. The Morgan fingerprint density at radius 2 is 1.44 bits per heavy atom. The van der Waals surface area contributed by atoms with Crippen LogP contribution in [0, 0.1) is 13.8 Å². The fraction of sp³-hybridized carbons (Fsp3) is 0.111. The van der Waals surface area contributed by atoms with Gasteiger partial charge in [0.15, 0.2) is 0 Å². The first-order chi connectivity index (χ1) is 8.75. The number of aryl methyl sites for hydroxylation is 2. The molecule has 0 heteroatoms. The van der Waals surface area contributed by atoms with E-state index in [1.165, 1.54) is 33.0 Å². The molecule has 0 aromatic heterocycles. The van der Waals surface area contributed by atoms with Gasteiger partial charge in [-0.2, -0.15) is 0 Å². The summed E-state index contributed by atoms with van der Waals surface area (Å²) in [5.74, 6) is 0. The summed E-state index contributed by atoms with van der Waals surface area (Å²) in [5, 5.41) is 2.66. The Balaban J connectivity index is 2.40. The zero-order valence-corrected chi connectivity index (χ0v) is 10.8. The van der Waals surface area contributed by atoms with Gasteiger partial charge in [0.2, 0.25) is 0 Å². The predicted octanol–water partition coefficient (Wildman–Crippen LogP) is 5.12. The van der Waals surface area contributed by atoms with E-state index >= 15 is 0 Å². The monoisotopic (exact) mass is 232 g/mol. The van der Waals surface area contributed by atoms with Crippen molar-refractivity contribution in [2.75, 3.05) is 0 Å². The molecular formula is C18H16. The summed E-state index contributed by atoms with van der Waals surface area (Å²) in [6, 6.07) is 21.7. The summed E-state index contributed by atoms with van der Waals surface area (Å²) in [7, 11) is 0. The van der Waals surface area contributed by atoms with Gasteiger partial charge in [-0.25, -0.2) is 0 Å². The van der Waals surface area contributed by atoms with Crippen LogP contribution < -0.4 is 0 Å². The summed E-state index contributed by atoms with van der Waals surface area (Å²) in [6.07, 6.45) is 0. The fourth-order valence-electron chi connectivity index (χ4n) is 2.53. The zero-order chi connectivity index (χ0) is 12.5. The molecule has 0 aliphatic heterocycles. The molecule has 18 heavy (non-hydrogen) atoms. The van der Waals surface area contributed by atoms with Crippen LogP contribution in [0.5, 0.6) is 0 Å². The van der Waals surface area contributed by atoms with Crippen LogP contribution in [-0.2, 0) is 0 Å². The van der Waals surface area contributed by atoms with E-state index < -0.39 is 0 Å². The smallest absolute Gasteiger partial charge is 0.00760 e. The van der Waals surface area contributed by atoms with Gasteiger partial charge in [0, 0.05) is 0 Å². The van der Waals surface area contributed by atoms with Gasteiger partial charge < -0.3 is 0 Å². The number of benzene rings is 3. The first-order valence-corrected chi connectivity index (χ1v) is 6.31. The molecule has 0 saturated heterocycles. The normalized spacial score (nSPS) is 10.8. The van der Waals surface area contributed by atoms with Crippen molar-refractivity contribution in [3.63, 3.8) is 0 Å². The van der Waals surface area contributed by atoms with Crippen molar-refractivity contribution in [2.24, 2.45) is 0 Å². The van der Waals surface area contributed by atoms with E-state index in [2.05, 4.69) is 74.5 Å². The number of rotatable bonds is 1. The van der Waals surface area contributed by atoms with Crippen LogP contribution in [0.25, 0.3) is 21.9 Å². The molecule has 88 valence electrons. The molecule has 0 bridgehead atoms. The maximum absolute atomic E-state index is 2.28. The minimum atomic E-state index is 1.30. The molecule has 3 aromatic carbocycles. The van der Waals surface area contributed by atoms with Gasteiger partial charge in [-0.15, -0.1) is 0 Å². The van der Waals surface area contributed by atoms with E-state index in [0.717, 1.165) is 0 Å². The second-order valence-corrected chi connectivity index (χ2v) is 4.85. The predicted molar refractivity (Wildman–Crippen MR) is 78.9 cm³/mol. The highest BCUT2D eigenvalue weighted by Crippen LogP contribution is 2.32. The van der Waals surface area contributed by atoms with E-state index in [4.69, 9.17) is 0 Å². The Morgan fingerprint density at radius 1 is 0.722 bits per heavy atom. The molecule has 0 saturated carbocycles. The van der Waals surface area contributed by atoms with Gasteiger partial charge in [0.25, 0.3) is 0 Å². The number of fused-ring (bicyclic) bond motifs is 1. The molecule has 0 unspecified atom stereocenters. The average molecular weight is 232 g/mol. The summed E-state index contributed by atoms with van der Waals surface area (Å²) >= 11 is 0. The second kappa shape index (κ2) is 4.30. The van der Waals surface area contributed by atoms with Crippen molar-refractivity contribution >= 4 is 10.8 Å². The van der Waals surface area contributed by atoms with E-state index in [-0.39, 0.29) is 0 Å². The van der Waals surface area contributed by atoms with Crippen molar-refractivity contribution in [1.82, 2.24) is 0 Å². The van der Waals surface area contributed by atoms with Crippen LogP contribution in [0.4, 0.5) is 0 Å². The summed E-state index contributed by atoms with van der Waals surface area (Å²) in [6.45, 7) is 4.33. The summed E-state index contributed by atoms with van der Waals surface area (Å²) in [5.41, 5.74) is 5.30. The SMILES string of the molecule is Cc1ccc2ccc(C)c(-c3ccccc3)c2c1. The quantitative estimate of drug-likeness (QED) is 0.546. The molecule has 0 N–H and O–H groups in total. The van der Waals surface area contributed by atoms with Gasteiger partial charge >= 0.3 is 0 Å². The van der Waals surface area contributed by atoms with Crippen LogP contribution in [0.1, 0.15) is 11.1 Å². The molecule has 0 amide bonds. The highest BCUT2D eigenvalue weighted by molar-refractivity contribution is 5.98. The molecule has 3 rings (SSSR count). The summed E-state index contributed by atoms with van der Waals surface area (Å²) in [4.78, 5) is 0. The lowest BCUT2D eigenvalue weighted by atomic mass is 9.93. The molecule has 0 radical (unpaired) electrons. The number of hydrogen-bond acceptors (Lipinski definition) is 0. The maximum atomic E-state index is 2.28. The Kier molecular flexibility index (Phi) is 2.64. The highest BCUT2D eigenvalue weighted by Gasteiger charge is 2.06. The molecule has 0 nitrogen and oxygen atoms in total. The third-order valence-electron chi connectivity index (χ3n) is 3.45. The van der Waals surface area contributed by atoms with E-state index in [0.29, 0.717) is 0 Å². The Hall–Kier alpha value is -2.08. The molecule has 0 aliphatic rings. The molecule has 3 aromatic rings. The largest absolute Gasteiger partial charge is 0.0622 e. The molecular weight excluding hydrogens is 216 g/mol. The lowest BCUT2D eigenvalue weighted by Crippen LogP contribution is -1.86. The first kappa shape index (κ1) is 11.0. The number of hydrogen-bond donors (Lipinski definition) is 0. The third-order valence-corrected chi connectivity index (χ3v) is 3.45. The first-order valence-electron chi connectivity index (χ1n) is 6.31. The van der Waals surface area contributed by atoms with Gasteiger partial charge in [0.05, 0.1) is 0 Å². The van der Waals surface area contributed by atoms with Crippen molar-refractivity contribution in [2.45, 2.75) is 13.8 Å². The minimum Gasteiger partial charge on any atom is -0.0622 e. The minimum absolute atomic E-state index is 1.30. The Morgan fingerprint density at radius 3 is 2.22 bits per heavy atom. The van der Waals surface area contributed by atoms with Crippen LogP contribution in [0.15, 0.2) is 60.7 Å².